The molecule has 2 N–H and O–H groups in total. The lowest BCUT2D eigenvalue weighted by molar-refractivity contribution is 0.149. The number of nitrogen functional groups attached to an aromatic ring is 1. The van der Waals surface area contributed by atoms with Crippen LogP contribution in [0.4, 0.5) is 5.82 Å². The maximum atomic E-state index is 11.8. The summed E-state index contributed by atoms with van der Waals surface area (Å²) < 4.78 is 31.9. The largest absolute Gasteiger partial charge is 0.457 e. The first-order chi connectivity index (χ1) is 18.0. The van der Waals surface area contributed by atoms with Gasteiger partial charge in [-0.2, -0.15) is 0 Å². The number of hydrogen-bond acceptors (Lipinski definition) is 7. The molecule has 6 rings (SSSR count). The molecule has 1 aliphatic heterocycles. The predicted octanol–water partition coefficient (Wildman–Crippen LogP) is 4.69. The fraction of sp³-hybridized carbons (Fsp3) is 0.357. The number of sulfone groups is 1. The molecule has 37 heavy (non-hydrogen) atoms. The Bertz CT molecular complexity index is 1480. The van der Waals surface area contributed by atoms with Gasteiger partial charge >= 0.3 is 0 Å². The lowest BCUT2D eigenvalue weighted by atomic mass is 9.90. The van der Waals surface area contributed by atoms with Gasteiger partial charge in [-0.1, -0.05) is 30.3 Å². The van der Waals surface area contributed by atoms with Crippen molar-refractivity contribution >= 4 is 26.7 Å². The van der Waals surface area contributed by atoms with E-state index in [4.69, 9.17) is 10.5 Å². The average Bonchev–Trinajstić information content (AvgIpc) is 3.31. The summed E-state index contributed by atoms with van der Waals surface area (Å²) in [4.78, 5) is 11.3. The van der Waals surface area contributed by atoms with Gasteiger partial charge in [0.15, 0.2) is 9.84 Å². The summed E-state index contributed by atoms with van der Waals surface area (Å²) in [5, 5.41) is 0.877. The minimum Gasteiger partial charge on any atom is -0.457 e. The Morgan fingerprint density at radius 3 is 2.19 bits per heavy atom. The molecule has 3 heterocycles. The first kappa shape index (κ1) is 23.9. The Hall–Kier alpha value is -3.43. The number of hydrogen-bond donors (Lipinski definition) is 1. The molecule has 9 heteroatoms. The minimum atomic E-state index is -2.86. The molecule has 0 bridgehead atoms. The van der Waals surface area contributed by atoms with Crippen molar-refractivity contribution in [2.45, 2.75) is 37.8 Å². The molecule has 1 saturated heterocycles. The van der Waals surface area contributed by atoms with Gasteiger partial charge in [0.05, 0.1) is 16.9 Å². The molecule has 0 amide bonds. The van der Waals surface area contributed by atoms with E-state index in [1.807, 2.05) is 54.6 Å². The SMILES string of the molecule is Nc1ncnc2c1c(-c1ccc(Oc3ccccc3)cc1)cn2[C@H]1CC[C@@H](N2CCS(=O)(=O)CC2)CC1. The summed E-state index contributed by atoms with van der Waals surface area (Å²) in [7, 11) is -2.86. The Morgan fingerprint density at radius 1 is 0.838 bits per heavy atom. The van der Waals surface area contributed by atoms with Gasteiger partial charge in [0.1, 0.15) is 29.3 Å². The van der Waals surface area contributed by atoms with Crippen molar-refractivity contribution in [1.29, 1.82) is 0 Å². The second-order valence-corrected chi connectivity index (χ2v) is 12.3. The summed E-state index contributed by atoms with van der Waals surface area (Å²) in [5.74, 6) is 2.61. The highest BCUT2D eigenvalue weighted by Crippen LogP contribution is 2.39. The third-order valence-electron chi connectivity index (χ3n) is 7.74. The first-order valence-electron chi connectivity index (χ1n) is 12.9. The van der Waals surface area contributed by atoms with E-state index in [0.29, 0.717) is 31.0 Å². The van der Waals surface area contributed by atoms with Crippen LogP contribution in [0.3, 0.4) is 0 Å². The standard InChI is InChI=1S/C28H31N5O3S/c29-27-26-25(20-6-12-24(13-7-20)36-23-4-2-1-3-5-23)18-33(28(26)31-19-30-27)22-10-8-21(9-11-22)32-14-16-37(34,35)17-15-32/h1-7,12-13,18-19,21-22H,8-11,14-17H2,(H2,29,30,31)/t21-,22+. The summed E-state index contributed by atoms with van der Waals surface area (Å²) in [5.41, 5.74) is 9.28. The maximum absolute atomic E-state index is 11.8. The van der Waals surface area contributed by atoms with E-state index in [9.17, 15) is 8.42 Å². The molecule has 0 spiro atoms. The van der Waals surface area contributed by atoms with Gasteiger partial charge in [-0.05, 0) is 55.5 Å². The fourth-order valence-electron chi connectivity index (χ4n) is 5.73. The van der Waals surface area contributed by atoms with Crippen LogP contribution >= 0.6 is 0 Å². The van der Waals surface area contributed by atoms with Crippen LogP contribution in [0.25, 0.3) is 22.2 Å². The van der Waals surface area contributed by atoms with Crippen molar-refractivity contribution in [3.63, 3.8) is 0 Å². The van der Waals surface area contributed by atoms with Gasteiger partial charge in [0, 0.05) is 36.9 Å². The van der Waals surface area contributed by atoms with E-state index in [-0.39, 0.29) is 11.5 Å². The second kappa shape index (κ2) is 9.79. The molecule has 1 aliphatic carbocycles. The van der Waals surface area contributed by atoms with E-state index in [0.717, 1.165) is 59.3 Å². The van der Waals surface area contributed by atoms with Crippen molar-refractivity contribution in [1.82, 2.24) is 19.4 Å². The lowest BCUT2D eigenvalue weighted by Gasteiger charge is -2.39. The number of anilines is 1. The van der Waals surface area contributed by atoms with Crippen LogP contribution in [0.5, 0.6) is 11.5 Å². The molecule has 2 fully saturated rings. The summed E-state index contributed by atoms with van der Waals surface area (Å²) in [6.07, 6.45) is 7.84. The Labute approximate surface area is 217 Å². The molecule has 4 aromatic rings. The number of rotatable bonds is 5. The van der Waals surface area contributed by atoms with Crippen LogP contribution in [-0.4, -0.2) is 58.5 Å². The number of ether oxygens (including phenoxy) is 1. The Kier molecular flexibility index (Phi) is 6.34. The molecule has 2 aliphatic rings. The van der Waals surface area contributed by atoms with E-state index < -0.39 is 9.84 Å². The molecule has 2 aromatic heterocycles. The molecule has 1 saturated carbocycles. The van der Waals surface area contributed by atoms with E-state index >= 15 is 0 Å². The van der Waals surface area contributed by atoms with Crippen molar-refractivity contribution < 1.29 is 13.2 Å². The number of nitrogens with zero attached hydrogens (tertiary/aromatic N) is 4. The van der Waals surface area contributed by atoms with E-state index in [1.165, 1.54) is 6.33 Å². The van der Waals surface area contributed by atoms with Gasteiger partial charge < -0.3 is 15.0 Å². The highest BCUT2D eigenvalue weighted by atomic mass is 32.2. The number of fused-ring (bicyclic) bond motifs is 1. The van der Waals surface area contributed by atoms with Crippen LogP contribution in [-0.2, 0) is 9.84 Å². The van der Waals surface area contributed by atoms with Gasteiger partial charge in [-0.15, -0.1) is 0 Å². The third kappa shape index (κ3) is 4.93. The quantitative estimate of drug-likeness (QED) is 0.410. The van der Waals surface area contributed by atoms with Crippen molar-refractivity contribution in [2.24, 2.45) is 0 Å². The van der Waals surface area contributed by atoms with Crippen LogP contribution in [0.2, 0.25) is 0 Å². The van der Waals surface area contributed by atoms with E-state index in [1.54, 1.807) is 0 Å². The van der Waals surface area contributed by atoms with Crippen LogP contribution in [0.15, 0.2) is 67.1 Å². The van der Waals surface area contributed by atoms with Crippen LogP contribution in [0, 0.1) is 0 Å². The topological polar surface area (TPSA) is 103 Å². The smallest absolute Gasteiger partial charge is 0.152 e. The van der Waals surface area contributed by atoms with Crippen LogP contribution < -0.4 is 10.5 Å². The number of nitrogens with two attached hydrogens (primary N) is 1. The molecule has 8 nitrogen and oxygen atoms in total. The number of benzene rings is 2. The third-order valence-corrected chi connectivity index (χ3v) is 9.35. The van der Waals surface area contributed by atoms with Gasteiger partial charge in [0.2, 0.25) is 0 Å². The van der Waals surface area contributed by atoms with Gasteiger partial charge in [0.25, 0.3) is 0 Å². The molecule has 2 aromatic carbocycles. The second-order valence-electron chi connectivity index (χ2n) is 10.00. The minimum absolute atomic E-state index is 0.282. The zero-order chi connectivity index (χ0) is 25.4. The lowest BCUT2D eigenvalue weighted by Crippen LogP contribution is -2.47. The molecule has 0 radical (unpaired) electrons. The molecule has 0 atom stereocenters. The Morgan fingerprint density at radius 2 is 1.49 bits per heavy atom. The molecule has 0 unspecified atom stereocenters. The van der Waals surface area contributed by atoms with Crippen molar-refractivity contribution in [2.75, 3.05) is 30.3 Å². The zero-order valence-electron chi connectivity index (χ0n) is 20.7. The predicted molar refractivity (Wildman–Crippen MR) is 145 cm³/mol. The maximum Gasteiger partial charge on any atom is 0.152 e. The fourth-order valence-corrected chi connectivity index (χ4v) is 6.96. The molecule has 192 valence electrons. The molecular weight excluding hydrogens is 486 g/mol. The molecular formula is C28H31N5O3S. The van der Waals surface area contributed by atoms with E-state index in [2.05, 4.69) is 25.6 Å². The highest BCUT2D eigenvalue weighted by Gasteiger charge is 2.31. The van der Waals surface area contributed by atoms with Crippen molar-refractivity contribution in [3.05, 3.63) is 67.1 Å². The van der Waals surface area contributed by atoms with Crippen molar-refractivity contribution in [3.8, 4) is 22.6 Å². The summed E-state index contributed by atoms with van der Waals surface area (Å²) in [6, 6.07) is 18.5. The first-order valence-corrected chi connectivity index (χ1v) is 14.7. The average molecular weight is 518 g/mol. The van der Waals surface area contributed by atoms with Crippen LogP contribution in [0.1, 0.15) is 31.7 Å². The van der Waals surface area contributed by atoms with Gasteiger partial charge in [-0.25, -0.2) is 18.4 Å². The normalized spacial score (nSPS) is 22.2. The van der Waals surface area contributed by atoms with Gasteiger partial charge in [-0.3, -0.25) is 4.90 Å². The number of para-hydroxylation sites is 1. The Balaban J connectivity index is 1.23. The number of aromatic nitrogens is 3. The zero-order valence-corrected chi connectivity index (χ0v) is 21.5. The monoisotopic (exact) mass is 517 g/mol. The summed E-state index contributed by atoms with van der Waals surface area (Å²) >= 11 is 0. The highest BCUT2D eigenvalue weighted by molar-refractivity contribution is 7.91. The summed E-state index contributed by atoms with van der Waals surface area (Å²) in [6.45, 7) is 1.31.